The van der Waals surface area contributed by atoms with Gasteiger partial charge in [0, 0.05) is 36.2 Å². The second kappa shape index (κ2) is 13.2. The van der Waals surface area contributed by atoms with E-state index in [9.17, 15) is 14.7 Å². The fraction of sp³-hybridized carbons (Fsp3) is 0.654. The zero-order valence-corrected chi connectivity index (χ0v) is 24.1. The third kappa shape index (κ3) is 6.63. The standard InChI is InChI=1S/C26H40N5O6P/c1-15(2)24(33)28-22-13-20-19(25(34)29-22)9-11-30(20)26-23(18(7)21(14-32)36-26)37-38(35-12-8-10-27)31(16(3)4)17(5)6/h9,11,13,15-18,21,23,26,32H,8,12,14H2,1-7H3,(H2,28,29,33,34)/t18-,21-,23-,26-,38?/m1/s1. The van der Waals surface area contributed by atoms with Crippen molar-refractivity contribution >= 4 is 31.2 Å². The van der Waals surface area contributed by atoms with Gasteiger partial charge in [0.2, 0.25) is 5.91 Å². The van der Waals surface area contributed by atoms with Crippen molar-refractivity contribution in [3.63, 3.8) is 0 Å². The van der Waals surface area contributed by atoms with Gasteiger partial charge >= 0.3 is 0 Å². The lowest BCUT2D eigenvalue weighted by molar-refractivity contribution is -0.118. The van der Waals surface area contributed by atoms with Gasteiger partial charge in [-0.15, -0.1) is 0 Å². The van der Waals surface area contributed by atoms with Gasteiger partial charge in [-0.25, -0.2) is 4.67 Å². The van der Waals surface area contributed by atoms with Gasteiger partial charge in [-0.05, 0) is 33.8 Å². The topological polar surface area (TPSA) is 142 Å². The summed E-state index contributed by atoms with van der Waals surface area (Å²) in [7, 11) is -1.57. The van der Waals surface area contributed by atoms with Gasteiger partial charge in [0.05, 0.1) is 42.7 Å². The molecule has 0 aliphatic carbocycles. The van der Waals surface area contributed by atoms with Crippen LogP contribution in [0.4, 0.5) is 5.82 Å². The molecule has 1 fully saturated rings. The highest BCUT2D eigenvalue weighted by atomic mass is 31.2. The Morgan fingerprint density at radius 1 is 1.32 bits per heavy atom. The lowest BCUT2D eigenvalue weighted by Crippen LogP contribution is -2.36. The first-order chi connectivity index (χ1) is 18.0. The number of aromatic amines is 1. The smallest absolute Gasteiger partial charge is 0.259 e. The average molecular weight is 550 g/mol. The Bertz CT molecular complexity index is 1180. The van der Waals surface area contributed by atoms with E-state index in [0.717, 1.165) is 0 Å². The van der Waals surface area contributed by atoms with E-state index in [2.05, 4.69) is 48.7 Å². The minimum atomic E-state index is -1.57. The maximum absolute atomic E-state index is 12.8. The molecule has 1 aliphatic heterocycles. The molecule has 0 spiro atoms. The number of nitrogens with one attached hydrogen (secondary N) is 2. The summed E-state index contributed by atoms with van der Waals surface area (Å²) >= 11 is 0. The van der Waals surface area contributed by atoms with Gasteiger partial charge in [-0.1, -0.05) is 20.8 Å². The molecule has 0 saturated carbocycles. The van der Waals surface area contributed by atoms with Crippen molar-refractivity contribution < 1.29 is 23.7 Å². The second-order valence-corrected chi connectivity index (χ2v) is 11.8. The molecule has 5 atom stereocenters. The Balaban J connectivity index is 2.02. The molecule has 210 valence electrons. The molecule has 0 bridgehead atoms. The Morgan fingerprint density at radius 2 is 2.00 bits per heavy atom. The molecule has 3 N–H and O–H groups in total. The number of aliphatic hydroxyl groups is 1. The fourth-order valence-corrected chi connectivity index (χ4v) is 6.37. The third-order valence-electron chi connectivity index (χ3n) is 6.54. The number of hydrogen-bond donors (Lipinski definition) is 3. The highest BCUT2D eigenvalue weighted by Crippen LogP contribution is 2.52. The van der Waals surface area contributed by atoms with Crippen LogP contribution in [0.1, 0.15) is 61.1 Å². The quantitative estimate of drug-likeness (QED) is 0.265. The number of fused-ring (bicyclic) bond motifs is 1. The number of carbonyl (C=O) groups is 1. The number of aliphatic hydroxyl groups excluding tert-OH is 1. The van der Waals surface area contributed by atoms with Crippen LogP contribution in [0.15, 0.2) is 23.1 Å². The lowest BCUT2D eigenvalue weighted by Gasteiger charge is -2.38. The number of nitrogens with zero attached hydrogens (tertiary/aromatic N) is 3. The molecule has 3 rings (SSSR count). The van der Waals surface area contributed by atoms with Crippen LogP contribution in [-0.2, 0) is 18.6 Å². The summed E-state index contributed by atoms with van der Waals surface area (Å²) in [5.74, 6) is -0.382. The highest BCUT2D eigenvalue weighted by Gasteiger charge is 2.46. The molecular weight excluding hydrogens is 509 g/mol. The van der Waals surface area contributed by atoms with Gasteiger partial charge in [-0.2, -0.15) is 5.26 Å². The fourth-order valence-electron chi connectivity index (χ4n) is 4.56. The molecule has 2 aromatic heterocycles. The minimum Gasteiger partial charge on any atom is -0.394 e. The van der Waals surface area contributed by atoms with E-state index in [1.54, 1.807) is 32.2 Å². The molecule has 11 nitrogen and oxygen atoms in total. The van der Waals surface area contributed by atoms with Gasteiger partial charge in [0.1, 0.15) is 11.9 Å². The minimum absolute atomic E-state index is 0.117. The van der Waals surface area contributed by atoms with E-state index in [4.69, 9.17) is 19.0 Å². The van der Waals surface area contributed by atoms with Crippen LogP contribution in [-0.4, -0.2) is 62.7 Å². The third-order valence-corrected chi connectivity index (χ3v) is 8.67. The Morgan fingerprint density at radius 3 is 2.58 bits per heavy atom. The molecule has 0 aromatic carbocycles. The van der Waals surface area contributed by atoms with Crippen LogP contribution in [0, 0.1) is 23.2 Å². The molecule has 0 radical (unpaired) electrons. The maximum Gasteiger partial charge on any atom is 0.259 e. The van der Waals surface area contributed by atoms with E-state index in [1.165, 1.54) is 0 Å². The van der Waals surface area contributed by atoms with Crippen LogP contribution in [0.3, 0.4) is 0 Å². The molecule has 1 saturated heterocycles. The summed E-state index contributed by atoms with van der Waals surface area (Å²) in [5, 5.41) is 22.3. The number of amides is 1. The average Bonchev–Trinajstić information content (AvgIpc) is 3.39. The van der Waals surface area contributed by atoms with Crippen molar-refractivity contribution in [2.45, 2.75) is 85.4 Å². The monoisotopic (exact) mass is 549 g/mol. The lowest BCUT2D eigenvalue weighted by atomic mass is 10.0. The summed E-state index contributed by atoms with van der Waals surface area (Å²) < 4.78 is 23.0. The van der Waals surface area contributed by atoms with Crippen LogP contribution < -0.4 is 10.9 Å². The zero-order valence-electron chi connectivity index (χ0n) is 23.2. The van der Waals surface area contributed by atoms with E-state index in [-0.39, 0.29) is 60.8 Å². The zero-order chi connectivity index (χ0) is 28.1. The summed E-state index contributed by atoms with van der Waals surface area (Å²) in [6, 6.07) is 5.74. The summed E-state index contributed by atoms with van der Waals surface area (Å²) in [6.07, 6.45) is 0.307. The van der Waals surface area contributed by atoms with Crippen molar-refractivity contribution in [3.05, 3.63) is 28.7 Å². The molecule has 1 aliphatic rings. The van der Waals surface area contributed by atoms with E-state index >= 15 is 0 Å². The molecular formula is C26H40N5O6P. The molecule has 3 heterocycles. The van der Waals surface area contributed by atoms with Gasteiger partial charge in [0.25, 0.3) is 14.1 Å². The summed E-state index contributed by atoms with van der Waals surface area (Å²) in [5.41, 5.74) is 0.229. The highest BCUT2D eigenvalue weighted by molar-refractivity contribution is 7.44. The first kappa shape index (κ1) is 30.2. The largest absolute Gasteiger partial charge is 0.394 e. The maximum atomic E-state index is 12.8. The first-order valence-electron chi connectivity index (χ1n) is 13.1. The summed E-state index contributed by atoms with van der Waals surface area (Å²) in [4.78, 5) is 27.8. The number of pyridine rings is 1. The molecule has 12 heteroatoms. The first-order valence-corrected chi connectivity index (χ1v) is 14.2. The van der Waals surface area contributed by atoms with E-state index < -0.39 is 27.0 Å². The SMILES string of the molecule is CC(C)C(=O)Nc1cc2c(ccn2[C@@H]2O[C@H](CO)[C@@H](C)[C@H]2OP(OCCC#N)N(C(C)C)C(C)C)c(=O)[nH]1. The number of rotatable bonds is 12. The molecule has 1 amide bonds. The number of hydrogen-bond acceptors (Lipinski definition) is 8. The predicted octanol–water partition coefficient (Wildman–Crippen LogP) is 4.11. The predicted molar refractivity (Wildman–Crippen MR) is 146 cm³/mol. The van der Waals surface area contributed by atoms with Crippen LogP contribution in [0.25, 0.3) is 10.9 Å². The Labute approximate surface area is 225 Å². The van der Waals surface area contributed by atoms with Crippen molar-refractivity contribution in [2.24, 2.45) is 11.8 Å². The van der Waals surface area contributed by atoms with E-state index in [1.807, 2.05) is 11.5 Å². The number of H-pyrrole nitrogens is 1. The van der Waals surface area contributed by atoms with Crippen molar-refractivity contribution in [3.8, 4) is 6.07 Å². The van der Waals surface area contributed by atoms with Crippen LogP contribution >= 0.6 is 8.53 Å². The second-order valence-electron chi connectivity index (χ2n) is 10.4. The molecule has 1 unspecified atom stereocenters. The summed E-state index contributed by atoms with van der Waals surface area (Å²) in [6.45, 7) is 13.8. The molecule has 38 heavy (non-hydrogen) atoms. The number of ether oxygens (including phenoxy) is 1. The number of carbonyl (C=O) groups excluding carboxylic acids is 1. The van der Waals surface area contributed by atoms with Gasteiger partial charge in [0.15, 0.2) is 6.23 Å². The Hall–Kier alpha value is -2.32. The number of aromatic nitrogens is 2. The van der Waals surface area contributed by atoms with Crippen molar-refractivity contribution in [1.29, 1.82) is 5.26 Å². The molecule has 2 aromatic rings. The van der Waals surface area contributed by atoms with Gasteiger partial charge in [-0.3, -0.25) is 9.59 Å². The number of nitriles is 1. The van der Waals surface area contributed by atoms with Crippen molar-refractivity contribution in [1.82, 2.24) is 14.2 Å². The van der Waals surface area contributed by atoms with Gasteiger partial charge < -0.3 is 33.8 Å². The van der Waals surface area contributed by atoms with Crippen LogP contribution in [0.5, 0.6) is 0 Å². The van der Waals surface area contributed by atoms with Crippen LogP contribution in [0.2, 0.25) is 0 Å². The Kier molecular flexibility index (Phi) is 10.5. The van der Waals surface area contributed by atoms with Crippen molar-refractivity contribution in [2.75, 3.05) is 18.5 Å². The van der Waals surface area contributed by atoms with E-state index in [0.29, 0.717) is 10.9 Å². The normalized spacial score (nSPS) is 22.6. The number of anilines is 1.